The lowest BCUT2D eigenvalue weighted by molar-refractivity contribution is 0.281. The number of rotatable bonds is 5. The van der Waals surface area contributed by atoms with E-state index in [1.807, 2.05) is 0 Å². The van der Waals surface area contributed by atoms with Gasteiger partial charge in [-0.05, 0) is 18.2 Å². The molecule has 0 bridgehead atoms. The van der Waals surface area contributed by atoms with Gasteiger partial charge >= 0.3 is 6.01 Å². The molecule has 76 valence electrons. The van der Waals surface area contributed by atoms with Gasteiger partial charge in [0.25, 0.3) is 0 Å². The van der Waals surface area contributed by atoms with Crippen LogP contribution in [0.3, 0.4) is 0 Å². The molecule has 0 aliphatic carbocycles. The molecule has 0 saturated carbocycles. The summed E-state index contributed by atoms with van der Waals surface area (Å²) < 4.78 is 5.24. The fourth-order valence-electron chi connectivity index (χ4n) is 0.730. The van der Waals surface area contributed by atoms with Crippen molar-refractivity contribution in [2.24, 2.45) is 0 Å². The van der Waals surface area contributed by atoms with E-state index in [4.69, 9.17) is 4.74 Å². The summed E-state index contributed by atoms with van der Waals surface area (Å²) in [6.45, 7) is 0.525. The third-order valence-corrected chi connectivity index (χ3v) is 1.92. The summed E-state index contributed by atoms with van der Waals surface area (Å²) in [4.78, 5) is 11.5. The Morgan fingerprint density at radius 3 is 2.43 bits per heavy atom. The van der Waals surface area contributed by atoms with Gasteiger partial charge in [-0.15, -0.1) is 25.3 Å². The summed E-state index contributed by atoms with van der Waals surface area (Å²) >= 11 is 12.6. The van der Waals surface area contributed by atoms with Crippen LogP contribution in [0.1, 0.15) is 12.8 Å². The Labute approximate surface area is 98.3 Å². The molecule has 0 fully saturated rings. The van der Waals surface area contributed by atoms with Gasteiger partial charge in [-0.2, -0.15) is 15.0 Å². The maximum Gasteiger partial charge on any atom is 0.321 e. The molecule has 0 unspecified atom stereocenters. The van der Waals surface area contributed by atoms with Gasteiger partial charge < -0.3 is 4.74 Å². The minimum Gasteiger partial charge on any atom is -0.463 e. The predicted octanol–water partition coefficient (Wildman–Crippen LogP) is 1.61. The van der Waals surface area contributed by atoms with E-state index in [2.05, 4.69) is 52.4 Å². The van der Waals surface area contributed by atoms with Gasteiger partial charge in [-0.1, -0.05) is 12.2 Å². The molecule has 0 aliphatic rings. The number of hydrogen-bond donors (Lipinski definition) is 2. The van der Waals surface area contributed by atoms with Gasteiger partial charge in [0.2, 0.25) is 0 Å². The van der Waals surface area contributed by atoms with Crippen LogP contribution in [0.2, 0.25) is 0 Å². The summed E-state index contributed by atoms with van der Waals surface area (Å²) in [6.07, 6.45) is 1.68. The zero-order chi connectivity index (χ0) is 10.4. The predicted molar refractivity (Wildman–Crippen MR) is 62.7 cm³/mol. The number of thiocarbonyl (C=S) groups is 1. The Morgan fingerprint density at radius 1 is 1.21 bits per heavy atom. The zero-order valence-electron chi connectivity index (χ0n) is 7.25. The van der Waals surface area contributed by atoms with E-state index < -0.39 is 0 Å². The van der Waals surface area contributed by atoms with E-state index in [0.29, 0.717) is 16.9 Å². The number of hydrogen-bond acceptors (Lipinski definition) is 7. The molecule has 1 rings (SSSR count). The highest BCUT2D eigenvalue weighted by atomic mass is 32.1. The first-order valence-electron chi connectivity index (χ1n) is 3.93. The van der Waals surface area contributed by atoms with Crippen molar-refractivity contribution >= 4 is 42.8 Å². The van der Waals surface area contributed by atoms with Crippen LogP contribution >= 0.6 is 37.5 Å². The molecule has 0 aromatic carbocycles. The van der Waals surface area contributed by atoms with Crippen molar-refractivity contribution in [3.8, 4) is 6.01 Å². The number of thiol groups is 2. The lowest BCUT2D eigenvalue weighted by Crippen LogP contribution is -2.03. The SMILES string of the molecule is S=CCCCOc1nc(S)nc(S)n1. The monoisotopic (exact) mass is 247 g/mol. The maximum absolute atomic E-state index is 5.24. The summed E-state index contributed by atoms with van der Waals surface area (Å²) in [5.41, 5.74) is 0. The highest BCUT2D eigenvalue weighted by Crippen LogP contribution is 2.09. The van der Waals surface area contributed by atoms with E-state index in [-0.39, 0.29) is 6.01 Å². The largest absolute Gasteiger partial charge is 0.463 e. The molecule has 0 aliphatic heterocycles. The van der Waals surface area contributed by atoms with E-state index in [9.17, 15) is 0 Å². The fourth-order valence-corrected chi connectivity index (χ4v) is 1.34. The smallest absolute Gasteiger partial charge is 0.321 e. The summed E-state index contributed by atoms with van der Waals surface area (Å²) in [5, 5.41) is 2.27. The Kier molecular flexibility index (Phi) is 5.13. The van der Waals surface area contributed by atoms with Crippen LogP contribution in [0.4, 0.5) is 0 Å². The molecule has 1 aromatic rings. The van der Waals surface area contributed by atoms with E-state index in [1.54, 1.807) is 5.37 Å². The minimum absolute atomic E-state index is 0.249. The second-order valence-corrected chi connectivity index (χ2v) is 3.51. The summed E-state index contributed by atoms with van der Waals surface area (Å²) in [6, 6.07) is 0.249. The van der Waals surface area contributed by atoms with Crippen LogP contribution in [-0.2, 0) is 0 Å². The van der Waals surface area contributed by atoms with Gasteiger partial charge in [0.05, 0.1) is 6.61 Å². The van der Waals surface area contributed by atoms with Crippen molar-refractivity contribution in [2.45, 2.75) is 23.2 Å². The van der Waals surface area contributed by atoms with Crippen molar-refractivity contribution in [1.29, 1.82) is 0 Å². The summed E-state index contributed by atoms with van der Waals surface area (Å²) in [5.74, 6) is 0. The Hall–Kier alpha value is -0.400. The normalized spacial score (nSPS) is 9.86. The molecule has 0 N–H and O–H groups in total. The highest BCUT2D eigenvalue weighted by Gasteiger charge is 2.01. The van der Waals surface area contributed by atoms with E-state index in [1.165, 1.54) is 0 Å². The molecule has 7 heteroatoms. The van der Waals surface area contributed by atoms with Crippen molar-refractivity contribution in [1.82, 2.24) is 15.0 Å². The molecule has 14 heavy (non-hydrogen) atoms. The van der Waals surface area contributed by atoms with Crippen LogP contribution < -0.4 is 4.74 Å². The standard InChI is InChI=1S/C7H9N3OS3/c12-4-2-1-3-11-5-8-6(13)10-7(14)9-5/h4H,1-3H2,(H2,8,9,10,13,14). The van der Waals surface area contributed by atoms with Crippen LogP contribution in [0.5, 0.6) is 6.01 Å². The molecule has 0 amide bonds. The number of aromatic nitrogens is 3. The lowest BCUT2D eigenvalue weighted by Gasteiger charge is -2.03. The average molecular weight is 247 g/mol. The first kappa shape index (κ1) is 11.7. The quantitative estimate of drug-likeness (QED) is 0.470. The minimum atomic E-state index is 0.249. The van der Waals surface area contributed by atoms with Crippen LogP contribution in [0.15, 0.2) is 10.3 Å². The Balaban J connectivity index is 2.46. The van der Waals surface area contributed by atoms with Crippen molar-refractivity contribution in [2.75, 3.05) is 6.61 Å². The van der Waals surface area contributed by atoms with Gasteiger partial charge in [-0.3, -0.25) is 0 Å². The molecule has 4 nitrogen and oxygen atoms in total. The highest BCUT2D eigenvalue weighted by molar-refractivity contribution is 7.80. The van der Waals surface area contributed by atoms with Crippen molar-refractivity contribution in [3.63, 3.8) is 0 Å². The first-order chi connectivity index (χ1) is 6.72. The Morgan fingerprint density at radius 2 is 1.86 bits per heavy atom. The van der Waals surface area contributed by atoms with Crippen LogP contribution in [0.25, 0.3) is 0 Å². The van der Waals surface area contributed by atoms with Crippen LogP contribution in [0, 0.1) is 0 Å². The second-order valence-electron chi connectivity index (χ2n) is 2.38. The van der Waals surface area contributed by atoms with E-state index in [0.717, 1.165) is 12.8 Å². The molecule has 0 spiro atoms. The van der Waals surface area contributed by atoms with Crippen molar-refractivity contribution < 1.29 is 4.74 Å². The molecule has 0 atom stereocenters. The average Bonchev–Trinajstić information content (AvgIpc) is 2.11. The summed E-state index contributed by atoms with van der Waals surface area (Å²) in [7, 11) is 0. The number of unbranched alkanes of at least 4 members (excludes halogenated alkanes) is 1. The Bertz CT molecular complexity index is 301. The maximum atomic E-state index is 5.24. The van der Waals surface area contributed by atoms with Crippen LogP contribution in [-0.4, -0.2) is 26.9 Å². The lowest BCUT2D eigenvalue weighted by atomic mass is 10.4. The van der Waals surface area contributed by atoms with E-state index >= 15 is 0 Å². The molecular formula is C7H9N3OS3. The molecule has 1 aromatic heterocycles. The molecular weight excluding hydrogens is 238 g/mol. The first-order valence-corrected chi connectivity index (χ1v) is 5.29. The van der Waals surface area contributed by atoms with Gasteiger partial charge in [-0.25, -0.2) is 0 Å². The van der Waals surface area contributed by atoms with Gasteiger partial charge in [0.15, 0.2) is 10.3 Å². The molecule has 0 radical (unpaired) electrons. The fraction of sp³-hybridized carbons (Fsp3) is 0.429. The van der Waals surface area contributed by atoms with Gasteiger partial charge in [0, 0.05) is 0 Å². The second kappa shape index (κ2) is 6.15. The molecule has 1 heterocycles. The van der Waals surface area contributed by atoms with Gasteiger partial charge in [0.1, 0.15) is 0 Å². The number of ether oxygens (including phenoxy) is 1. The topological polar surface area (TPSA) is 47.9 Å². The zero-order valence-corrected chi connectivity index (χ0v) is 9.86. The molecule has 0 saturated heterocycles. The third kappa shape index (κ3) is 4.21. The third-order valence-electron chi connectivity index (χ3n) is 1.29. The number of nitrogens with zero attached hydrogens (tertiary/aromatic N) is 3. The van der Waals surface area contributed by atoms with Crippen molar-refractivity contribution in [3.05, 3.63) is 0 Å².